The molecule has 1 aliphatic heterocycles. The second-order valence-corrected chi connectivity index (χ2v) is 7.88. The zero-order valence-corrected chi connectivity index (χ0v) is 17.9. The van der Waals surface area contributed by atoms with Crippen LogP contribution in [0.15, 0.2) is 53.0 Å². The Bertz CT molecular complexity index is 776. The Morgan fingerprint density at radius 1 is 1.14 bits per heavy atom. The van der Waals surface area contributed by atoms with Crippen LogP contribution in [0.25, 0.3) is 0 Å². The van der Waals surface area contributed by atoms with Crippen LogP contribution in [-0.2, 0) is 4.79 Å². The number of hydrogen-bond acceptors (Lipinski definition) is 4. The highest BCUT2D eigenvalue weighted by Gasteiger charge is 2.27. The molecule has 1 heterocycles. The number of rotatable bonds is 8. The summed E-state index contributed by atoms with van der Waals surface area (Å²) in [5, 5.41) is 3.07. The molecule has 1 aliphatic rings. The zero-order chi connectivity index (χ0) is 19.9. The first kappa shape index (κ1) is 20.7. The predicted octanol–water partition coefficient (Wildman–Crippen LogP) is 4.18. The van der Waals surface area contributed by atoms with Gasteiger partial charge in [-0.05, 0) is 63.2 Å². The Kier molecular flexibility index (Phi) is 7.34. The van der Waals surface area contributed by atoms with E-state index in [1.54, 1.807) is 14.0 Å². The summed E-state index contributed by atoms with van der Waals surface area (Å²) in [5.74, 6) is 1.40. The van der Waals surface area contributed by atoms with Crippen LogP contribution < -0.4 is 14.8 Å². The van der Waals surface area contributed by atoms with Gasteiger partial charge < -0.3 is 14.8 Å². The van der Waals surface area contributed by atoms with Crippen molar-refractivity contribution in [3.8, 4) is 11.5 Å². The topological polar surface area (TPSA) is 50.8 Å². The fraction of sp³-hybridized carbons (Fsp3) is 0.409. The lowest BCUT2D eigenvalue weighted by Gasteiger charge is -2.29. The Morgan fingerprint density at radius 2 is 1.82 bits per heavy atom. The molecule has 3 rings (SSSR count). The average molecular weight is 447 g/mol. The highest BCUT2D eigenvalue weighted by Crippen LogP contribution is 2.31. The van der Waals surface area contributed by atoms with Gasteiger partial charge in [-0.2, -0.15) is 0 Å². The molecule has 2 atom stereocenters. The van der Waals surface area contributed by atoms with E-state index < -0.39 is 6.10 Å². The van der Waals surface area contributed by atoms with Gasteiger partial charge in [0.2, 0.25) is 0 Å². The van der Waals surface area contributed by atoms with E-state index in [4.69, 9.17) is 9.47 Å². The van der Waals surface area contributed by atoms with E-state index in [-0.39, 0.29) is 11.9 Å². The molecule has 0 bridgehead atoms. The number of carbonyl (C=O) groups is 1. The van der Waals surface area contributed by atoms with Gasteiger partial charge in [-0.25, -0.2) is 0 Å². The number of nitrogens with one attached hydrogen (secondary N) is 1. The summed E-state index contributed by atoms with van der Waals surface area (Å²) in [6.45, 7) is 4.35. The summed E-state index contributed by atoms with van der Waals surface area (Å²) in [4.78, 5) is 15.0. The minimum Gasteiger partial charge on any atom is -0.496 e. The van der Waals surface area contributed by atoms with Gasteiger partial charge in [0.1, 0.15) is 11.5 Å². The Hall–Kier alpha value is -2.05. The maximum absolute atomic E-state index is 12.6. The highest BCUT2D eigenvalue weighted by molar-refractivity contribution is 9.10. The van der Waals surface area contributed by atoms with Gasteiger partial charge in [0.15, 0.2) is 6.10 Å². The number of hydrogen-bond donors (Lipinski definition) is 1. The lowest BCUT2D eigenvalue weighted by atomic mass is 10.0. The van der Waals surface area contributed by atoms with Crippen molar-refractivity contribution in [3.05, 3.63) is 58.6 Å². The number of ether oxygens (including phenoxy) is 2. The Labute approximate surface area is 175 Å². The van der Waals surface area contributed by atoms with Crippen molar-refractivity contribution in [1.29, 1.82) is 0 Å². The summed E-state index contributed by atoms with van der Waals surface area (Å²) in [6.07, 6.45) is 1.80. The van der Waals surface area contributed by atoms with E-state index in [1.807, 2.05) is 42.5 Å². The van der Waals surface area contributed by atoms with Gasteiger partial charge in [0.05, 0.1) is 13.2 Å². The van der Waals surface area contributed by atoms with E-state index in [0.717, 1.165) is 28.9 Å². The van der Waals surface area contributed by atoms with Crippen LogP contribution in [0.5, 0.6) is 11.5 Å². The van der Waals surface area contributed by atoms with Crippen LogP contribution >= 0.6 is 15.9 Å². The minimum atomic E-state index is -0.571. The summed E-state index contributed by atoms with van der Waals surface area (Å²) in [7, 11) is 1.69. The number of halogens is 1. The zero-order valence-electron chi connectivity index (χ0n) is 16.4. The normalized spacial score (nSPS) is 16.4. The molecule has 1 saturated heterocycles. The summed E-state index contributed by atoms with van der Waals surface area (Å²) in [5.41, 5.74) is 1.11. The lowest BCUT2D eigenvalue weighted by molar-refractivity contribution is -0.127. The number of methoxy groups -OCH3 is 1. The molecule has 5 nitrogen and oxygen atoms in total. The van der Waals surface area contributed by atoms with Crippen molar-refractivity contribution in [3.63, 3.8) is 0 Å². The van der Waals surface area contributed by atoms with Crippen LogP contribution in [0, 0.1) is 0 Å². The number of benzene rings is 2. The maximum atomic E-state index is 12.6. The Morgan fingerprint density at radius 3 is 2.50 bits per heavy atom. The van der Waals surface area contributed by atoms with Crippen LogP contribution in [0.3, 0.4) is 0 Å². The highest BCUT2D eigenvalue weighted by atomic mass is 79.9. The van der Waals surface area contributed by atoms with E-state index in [0.29, 0.717) is 12.3 Å². The molecule has 150 valence electrons. The summed E-state index contributed by atoms with van der Waals surface area (Å²) in [6, 6.07) is 15.6. The molecule has 1 fully saturated rings. The monoisotopic (exact) mass is 446 g/mol. The van der Waals surface area contributed by atoms with Gasteiger partial charge in [-0.3, -0.25) is 9.69 Å². The van der Waals surface area contributed by atoms with E-state index in [2.05, 4.69) is 32.2 Å². The molecule has 2 aromatic rings. The fourth-order valence-electron chi connectivity index (χ4n) is 3.54. The first-order chi connectivity index (χ1) is 13.6. The third-order valence-corrected chi connectivity index (χ3v) is 5.57. The number of nitrogens with zero attached hydrogens (tertiary/aromatic N) is 1. The predicted molar refractivity (Wildman–Crippen MR) is 114 cm³/mol. The second-order valence-electron chi connectivity index (χ2n) is 6.96. The summed E-state index contributed by atoms with van der Waals surface area (Å²) >= 11 is 3.40. The second kappa shape index (κ2) is 9.94. The van der Waals surface area contributed by atoms with Crippen LogP contribution in [0.2, 0.25) is 0 Å². The first-order valence-corrected chi connectivity index (χ1v) is 10.4. The van der Waals surface area contributed by atoms with E-state index in [9.17, 15) is 4.79 Å². The molecule has 28 heavy (non-hydrogen) atoms. The molecule has 0 aromatic heterocycles. The standard InChI is InChI=1S/C22H27BrN2O3/c1-16(28-18-11-9-17(23)10-12-18)22(26)24-15-20(25-13-5-6-14-25)19-7-3-4-8-21(19)27-2/h3-4,7-12,16,20H,5-6,13-15H2,1-2H3,(H,24,26)/t16-,20+/m1/s1. The van der Waals surface area contributed by atoms with Crippen molar-refractivity contribution in [1.82, 2.24) is 10.2 Å². The molecule has 0 saturated carbocycles. The lowest BCUT2D eigenvalue weighted by Crippen LogP contribution is -2.42. The maximum Gasteiger partial charge on any atom is 0.260 e. The molecular weight excluding hydrogens is 420 g/mol. The van der Waals surface area contributed by atoms with Crippen molar-refractivity contribution in [2.45, 2.75) is 31.9 Å². The average Bonchev–Trinajstić information content (AvgIpc) is 3.24. The number of amides is 1. The van der Waals surface area contributed by atoms with Crippen molar-refractivity contribution in [2.24, 2.45) is 0 Å². The quantitative estimate of drug-likeness (QED) is 0.660. The molecule has 1 N–H and O–H groups in total. The fourth-order valence-corrected chi connectivity index (χ4v) is 3.81. The Balaban J connectivity index is 1.65. The number of para-hydroxylation sites is 1. The number of likely N-dealkylation sites (tertiary alicyclic amines) is 1. The smallest absolute Gasteiger partial charge is 0.260 e. The van der Waals surface area contributed by atoms with Crippen molar-refractivity contribution in [2.75, 3.05) is 26.7 Å². The third kappa shape index (κ3) is 5.26. The van der Waals surface area contributed by atoms with Gasteiger partial charge in [0.25, 0.3) is 5.91 Å². The van der Waals surface area contributed by atoms with Gasteiger partial charge in [0, 0.05) is 16.6 Å². The molecule has 0 spiro atoms. The third-order valence-electron chi connectivity index (χ3n) is 5.04. The molecule has 6 heteroatoms. The van der Waals surface area contributed by atoms with E-state index in [1.165, 1.54) is 12.8 Å². The van der Waals surface area contributed by atoms with Gasteiger partial charge in [-0.15, -0.1) is 0 Å². The minimum absolute atomic E-state index is 0.0856. The van der Waals surface area contributed by atoms with Crippen LogP contribution in [-0.4, -0.2) is 43.7 Å². The van der Waals surface area contributed by atoms with Gasteiger partial charge >= 0.3 is 0 Å². The van der Waals surface area contributed by atoms with E-state index >= 15 is 0 Å². The molecule has 1 amide bonds. The van der Waals surface area contributed by atoms with Crippen LogP contribution in [0.1, 0.15) is 31.4 Å². The molecule has 0 radical (unpaired) electrons. The molecular formula is C22H27BrN2O3. The van der Waals surface area contributed by atoms with Gasteiger partial charge in [-0.1, -0.05) is 34.1 Å². The SMILES string of the molecule is COc1ccccc1[C@H](CNC(=O)[C@@H](C)Oc1ccc(Br)cc1)N1CCCC1. The summed E-state index contributed by atoms with van der Waals surface area (Å²) < 4.78 is 12.3. The molecule has 0 aliphatic carbocycles. The number of carbonyl (C=O) groups excluding carboxylic acids is 1. The molecule has 0 unspecified atom stereocenters. The largest absolute Gasteiger partial charge is 0.496 e. The first-order valence-electron chi connectivity index (χ1n) is 9.65. The van der Waals surface area contributed by atoms with Crippen molar-refractivity contribution >= 4 is 21.8 Å². The van der Waals surface area contributed by atoms with Crippen molar-refractivity contribution < 1.29 is 14.3 Å². The molecule has 2 aromatic carbocycles. The van der Waals surface area contributed by atoms with Crippen LogP contribution in [0.4, 0.5) is 0 Å².